The average Bonchev–Trinajstić information content (AvgIpc) is 3.16. The van der Waals surface area contributed by atoms with Crippen LogP contribution in [0.15, 0.2) is 42.5 Å². The van der Waals surface area contributed by atoms with Crippen LogP contribution in [0.25, 0.3) is 10.8 Å². The van der Waals surface area contributed by atoms with Crippen LogP contribution in [0.5, 0.6) is 0 Å². The first-order valence-corrected chi connectivity index (χ1v) is 10.1. The summed E-state index contributed by atoms with van der Waals surface area (Å²) in [6.07, 6.45) is 0.761. The zero-order valence-electron chi connectivity index (χ0n) is 15.3. The van der Waals surface area contributed by atoms with Crippen molar-refractivity contribution in [2.45, 2.75) is 6.42 Å². The molecule has 3 rings (SSSR count). The molecular formula is C19H22N4O2S2. The van der Waals surface area contributed by atoms with E-state index >= 15 is 0 Å². The number of nitrogens with zero attached hydrogens (tertiary/aromatic N) is 3. The van der Waals surface area contributed by atoms with Crippen LogP contribution < -0.4 is 5.32 Å². The van der Waals surface area contributed by atoms with Crippen molar-refractivity contribution in [1.29, 1.82) is 0 Å². The summed E-state index contributed by atoms with van der Waals surface area (Å²) in [4.78, 5) is 27.2. The number of thiocarbonyl (C=S) groups is 1. The summed E-state index contributed by atoms with van der Waals surface area (Å²) < 4.78 is 0.648. The smallest absolute Gasteiger partial charge is 0.340 e. The Morgan fingerprint density at radius 1 is 1.11 bits per heavy atom. The second kappa shape index (κ2) is 8.58. The van der Waals surface area contributed by atoms with E-state index < -0.39 is 0 Å². The van der Waals surface area contributed by atoms with Crippen LogP contribution in [0.3, 0.4) is 0 Å². The van der Waals surface area contributed by atoms with Gasteiger partial charge >= 0.3 is 6.03 Å². The minimum atomic E-state index is -0.294. The van der Waals surface area contributed by atoms with Gasteiger partial charge in [-0.25, -0.2) is 14.8 Å². The third kappa shape index (κ3) is 4.51. The second-order valence-corrected chi connectivity index (χ2v) is 8.01. The number of benzene rings is 2. The van der Waals surface area contributed by atoms with Crippen molar-refractivity contribution in [3.8, 4) is 0 Å². The van der Waals surface area contributed by atoms with Crippen molar-refractivity contribution in [3.05, 3.63) is 42.5 Å². The summed E-state index contributed by atoms with van der Waals surface area (Å²) in [5.74, 6) is 0.101. The van der Waals surface area contributed by atoms with Gasteiger partial charge in [0, 0.05) is 32.6 Å². The first-order chi connectivity index (χ1) is 13.0. The van der Waals surface area contributed by atoms with Crippen LogP contribution in [0.1, 0.15) is 6.42 Å². The lowest BCUT2D eigenvalue weighted by atomic mass is 10.1. The van der Waals surface area contributed by atoms with Crippen LogP contribution in [-0.2, 0) is 4.79 Å². The fourth-order valence-electron chi connectivity index (χ4n) is 2.92. The first-order valence-electron chi connectivity index (χ1n) is 8.68. The molecule has 1 aliphatic heterocycles. The SMILES string of the molecule is CN(C)C(=S)SCC(=O)N1CCCN1C(=O)Nc1cccc2ccccc12. The van der Waals surface area contributed by atoms with Crippen molar-refractivity contribution in [2.75, 3.05) is 38.3 Å². The summed E-state index contributed by atoms with van der Waals surface area (Å²) in [5, 5.41) is 7.98. The molecule has 1 saturated heterocycles. The topological polar surface area (TPSA) is 55.9 Å². The monoisotopic (exact) mass is 402 g/mol. The zero-order valence-corrected chi connectivity index (χ0v) is 17.0. The number of hydrazine groups is 1. The van der Waals surface area contributed by atoms with E-state index in [1.807, 2.05) is 56.6 Å². The molecule has 1 N–H and O–H groups in total. The molecule has 0 aromatic heterocycles. The Balaban J connectivity index is 1.68. The molecule has 0 unspecified atom stereocenters. The first kappa shape index (κ1) is 19.4. The standard InChI is InChI=1S/C19H22N4O2S2/c1-21(2)19(26)27-13-17(24)22-11-6-12-23(22)18(25)20-16-10-5-8-14-7-3-4-9-15(14)16/h3-5,7-10H,6,11-13H2,1-2H3,(H,20,25). The molecular weight excluding hydrogens is 380 g/mol. The van der Waals surface area contributed by atoms with Crippen molar-refractivity contribution in [1.82, 2.24) is 14.9 Å². The van der Waals surface area contributed by atoms with Crippen molar-refractivity contribution in [2.24, 2.45) is 0 Å². The maximum Gasteiger partial charge on any atom is 0.340 e. The molecule has 0 atom stereocenters. The third-order valence-corrected chi connectivity index (χ3v) is 5.99. The Labute approximate surface area is 168 Å². The van der Waals surface area contributed by atoms with Crippen LogP contribution in [0, 0.1) is 0 Å². The molecule has 1 heterocycles. The summed E-state index contributed by atoms with van der Waals surface area (Å²) in [6, 6.07) is 13.4. The fourth-order valence-corrected chi connectivity index (χ4v) is 3.75. The number of hydrogen-bond donors (Lipinski definition) is 1. The highest BCUT2D eigenvalue weighted by atomic mass is 32.2. The van der Waals surface area contributed by atoms with Crippen LogP contribution in [0.4, 0.5) is 10.5 Å². The number of amides is 3. The number of fused-ring (bicyclic) bond motifs is 1. The minimum Gasteiger partial charge on any atom is -0.364 e. The predicted octanol–water partition coefficient (Wildman–Crippen LogP) is 3.40. The minimum absolute atomic E-state index is 0.116. The maximum atomic E-state index is 12.8. The largest absolute Gasteiger partial charge is 0.364 e. The number of rotatable bonds is 3. The molecule has 0 aliphatic carbocycles. The number of carbonyl (C=O) groups is 2. The fraction of sp³-hybridized carbons (Fsp3) is 0.316. The summed E-state index contributed by atoms with van der Waals surface area (Å²) in [6.45, 7) is 1.06. The predicted molar refractivity (Wildman–Crippen MR) is 115 cm³/mol. The van der Waals surface area contributed by atoms with Crippen LogP contribution in [-0.4, -0.2) is 64.1 Å². The van der Waals surface area contributed by atoms with E-state index in [2.05, 4.69) is 5.32 Å². The van der Waals surface area contributed by atoms with Crippen LogP contribution >= 0.6 is 24.0 Å². The Kier molecular flexibility index (Phi) is 6.18. The lowest BCUT2D eigenvalue weighted by Crippen LogP contribution is -2.47. The molecule has 0 radical (unpaired) electrons. The molecule has 0 spiro atoms. The van der Waals surface area contributed by atoms with Crippen molar-refractivity contribution in [3.63, 3.8) is 0 Å². The lowest BCUT2D eigenvalue weighted by molar-refractivity contribution is -0.136. The highest BCUT2D eigenvalue weighted by Crippen LogP contribution is 2.24. The molecule has 142 valence electrons. The molecule has 0 saturated carbocycles. The maximum absolute atomic E-state index is 12.8. The van der Waals surface area contributed by atoms with Gasteiger partial charge in [0.1, 0.15) is 4.32 Å². The van der Waals surface area contributed by atoms with E-state index in [4.69, 9.17) is 12.2 Å². The van der Waals surface area contributed by atoms with E-state index in [0.717, 1.165) is 22.9 Å². The Morgan fingerprint density at radius 3 is 2.59 bits per heavy atom. The van der Waals surface area contributed by atoms with Gasteiger partial charge in [-0.1, -0.05) is 60.4 Å². The summed E-state index contributed by atoms with van der Waals surface area (Å²) in [7, 11) is 3.69. The molecule has 0 bridgehead atoms. The average molecular weight is 403 g/mol. The van der Waals surface area contributed by atoms with Gasteiger partial charge in [0.2, 0.25) is 0 Å². The van der Waals surface area contributed by atoms with Crippen molar-refractivity contribution < 1.29 is 9.59 Å². The van der Waals surface area contributed by atoms with Crippen molar-refractivity contribution >= 4 is 56.7 Å². The Bertz CT molecular complexity index is 866. The second-order valence-electron chi connectivity index (χ2n) is 6.40. The third-order valence-electron chi connectivity index (χ3n) is 4.27. The Morgan fingerprint density at radius 2 is 1.81 bits per heavy atom. The number of carbonyl (C=O) groups excluding carboxylic acids is 2. The molecule has 2 aromatic rings. The Hall–Kier alpha value is -2.32. The molecule has 1 aliphatic rings. The quantitative estimate of drug-likeness (QED) is 0.798. The van der Waals surface area contributed by atoms with Gasteiger partial charge in [-0.2, -0.15) is 0 Å². The van der Waals surface area contributed by atoms with E-state index in [-0.39, 0.29) is 17.7 Å². The van der Waals surface area contributed by atoms with Gasteiger partial charge in [-0.3, -0.25) is 4.79 Å². The van der Waals surface area contributed by atoms with E-state index in [1.54, 1.807) is 4.90 Å². The van der Waals surface area contributed by atoms with Gasteiger partial charge in [0.25, 0.3) is 5.91 Å². The number of anilines is 1. The lowest BCUT2D eigenvalue weighted by Gasteiger charge is -2.28. The molecule has 3 amide bonds. The molecule has 27 heavy (non-hydrogen) atoms. The molecule has 8 heteroatoms. The summed E-state index contributed by atoms with van der Waals surface area (Å²) in [5.41, 5.74) is 0.737. The van der Waals surface area contributed by atoms with Gasteiger partial charge in [0.05, 0.1) is 11.4 Å². The van der Waals surface area contributed by atoms with E-state index in [0.29, 0.717) is 17.4 Å². The van der Waals surface area contributed by atoms with Gasteiger partial charge in [-0.05, 0) is 17.9 Å². The van der Waals surface area contributed by atoms with Gasteiger partial charge in [-0.15, -0.1) is 0 Å². The number of thioether (sulfide) groups is 1. The number of nitrogens with one attached hydrogen (secondary N) is 1. The van der Waals surface area contributed by atoms with E-state index in [9.17, 15) is 9.59 Å². The number of urea groups is 1. The molecule has 2 aromatic carbocycles. The summed E-state index contributed by atoms with van der Waals surface area (Å²) >= 11 is 6.52. The van der Waals surface area contributed by atoms with E-state index in [1.165, 1.54) is 21.8 Å². The normalized spacial score (nSPS) is 13.7. The van der Waals surface area contributed by atoms with Crippen LogP contribution in [0.2, 0.25) is 0 Å². The highest BCUT2D eigenvalue weighted by Gasteiger charge is 2.31. The molecule has 6 nitrogen and oxygen atoms in total. The van der Waals surface area contributed by atoms with Gasteiger partial charge < -0.3 is 10.2 Å². The molecule has 1 fully saturated rings. The zero-order chi connectivity index (χ0) is 19.4. The highest BCUT2D eigenvalue weighted by molar-refractivity contribution is 8.23. The number of hydrogen-bond acceptors (Lipinski definition) is 4. The van der Waals surface area contributed by atoms with Gasteiger partial charge in [0.15, 0.2) is 0 Å².